The Hall–Kier alpha value is -1.46. The summed E-state index contributed by atoms with van der Waals surface area (Å²) in [6.07, 6.45) is 2.26. The monoisotopic (exact) mass is 222 g/mol. The number of anilines is 1. The number of aliphatic hydroxyl groups excluding tert-OH is 1. The highest BCUT2D eigenvalue weighted by atomic mass is 16.5. The van der Waals surface area contributed by atoms with Crippen molar-refractivity contribution in [3.8, 4) is 0 Å². The number of ether oxygens (including phenoxy) is 1. The maximum Gasteiger partial charge on any atom is 0.153 e. The standard InChI is InChI=1S/C11H14N2O3/c14-7-9-2-1-3-12-11(9)13-4-5-16-10(6-13)8-15/h1-3,7,10,15H,4-6,8H2. The molecule has 2 heterocycles. The van der Waals surface area contributed by atoms with Gasteiger partial charge >= 0.3 is 0 Å². The molecule has 5 heteroatoms. The molecule has 1 aliphatic heterocycles. The van der Waals surface area contributed by atoms with Crippen LogP contribution in [0.2, 0.25) is 0 Å². The second-order valence-corrected chi connectivity index (χ2v) is 3.66. The third kappa shape index (κ3) is 2.20. The van der Waals surface area contributed by atoms with Crippen LogP contribution in [0.25, 0.3) is 0 Å². The Labute approximate surface area is 93.7 Å². The van der Waals surface area contributed by atoms with Gasteiger partial charge in [0.15, 0.2) is 6.29 Å². The minimum absolute atomic E-state index is 0.0141. The van der Waals surface area contributed by atoms with E-state index in [0.29, 0.717) is 31.1 Å². The van der Waals surface area contributed by atoms with Crippen molar-refractivity contribution >= 4 is 12.1 Å². The number of aliphatic hydroxyl groups is 1. The molecule has 1 aromatic heterocycles. The molecule has 1 aliphatic rings. The van der Waals surface area contributed by atoms with Gasteiger partial charge in [0.2, 0.25) is 0 Å². The number of carbonyl (C=O) groups is 1. The summed E-state index contributed by atoms with van der Waals surface area (Å²) in [7, 11) is 0. The molecule has 1 unspecified atom stereocenters. The lowest BCUT2D eigenvalue weighted by Gasteiger charge is -2.33. The van der Waals surface area contributed by atoms with Crippen molar-refractivity contribution < 1.29 is 14.6 Å². The fraction of sp³-hybridized carbons (Fsp3) is 0.455. The molecule has 86 valence electrons. The Morgan fingerprint density at radius 1 is 1.69 bits per heavy atom. The molecule has 0 saturated carbocycles. The summed E-state index contributed by atoms with van der Waals surface area (Å²) < 4.78 is 5.34. The number of nitrogens with zero attached hydrogens (tertiary/aromatic N) is 2. The molecule has 2 rings (SSSR count). The van der Waals surface area contributed by atoms with Crippen LogP contribution in [0.4, 0.5) is 5.82 Å². The van der Waals surface area contributed by atoms with Crippen LogP contribution in [0, 0.1) is 0 Å². The lowest BCUT2D eigenvalue weighted by Crippen LogP contribution is -2.44. The first-order valence-corrected chi connectivity index (χ1v) is 5.22. The lowest BCUT2D eigenvalue weighted by atomic mass is 10.2. The topological polar surface area (TPSA) is 62.7 Å². The fourth-order valence-electron chi connectivity index (χ4n) is 1.79. The van der Waals surface area contributed by atoms with Gasteiger partial charge in [0.25, 0.3) is 0 Å². The fourth-order valence-corrected chi connectivity index (χ4v) is 1.79. The first-order chi connectivity index (χ1) is 7.85. The van der Waals surface area contributed by atoms with Gasteiger partial charge in [-0.05, 0) is 12.1 Å². The quantitative estimate of drug-likeness (QED) is 0.734. The highest BCUT2D eigenvalue weighted by Gasteiger charge is 2.22. The number of aromatic nitrogens is 1. The molecule has 0 bridgehead atoms. The Morgan fingerprint density at radius 2 is 2.56 bits per heavy atom. The predicted octanol–water partition coefficient (Wildman–Crippen LogP) is 0.0916. The zero-order valence-electron chi connectivity index (χ0n) is 8.87. The van der Waals surface area contributed by atoms with E-state index < -0.39 is 0 Å². The van der Waals surface area contributed by atoms with Gasteiger partial charge in [-0.3, -0.25) is 4.79 Å². The van der Waals surface area contributed by atoms with Crippen molar-refractivity contribution in [3.05, 3.63) is 23.9 Å². The van der Waals surface area contributed by atoms with E-state index in [1.54, 1.807) is 18.3 Å². The molecule has 0 amide bonds. The van der Waals surface area contributed by atoms with Crippen LogP contribution in [-0.4, -0.2) is 48.8 Å². The van der Waals surface area contributed by atoms with Gasteiger partial charge in [0, 0.05) is 19.3 Å². The van der Waals surface area contributed by atoms with Crippen LogP contribution >= 0.6 is 0 Å². The zero-order valence-corrected chi connectivity index (χ0v) is 8.87. The van der Waals surface area contributed by atoms with E-state index in [1.165, 1.54) is 0 Å². The van der Waals surface area contributed by atoms with Crippen molar-refractivity contribution in [2.24, 2.45) is 0 Å². The molecule has 1 fully saturated rings. The summed E-state index contributed by atoms with van der Waals surface area (Å²) >= 11 is 0. The Kier molecular flexibility index (Phi) is 3.48. The Morgan fingerprint density at radius 3 is 3.31 bits per heavy atom. The SMILES string of the molecule is O=Cc1cccnc1N1CCOC(CO)C1. The number of hydrogen-bond acceptors (Lipinski definition) is 5. The number of aldehydes is 1. The number of hydrogen-bond donors (Lipinski definition) is 1. The average Bonchev–Trinajstić information content (AvgIpc) is 2.38. The summed E-state index contributed by atoms with van der Waals surface area (Å²) in [4.78, 5) is 17.0. The van der Waals surface area contributed by atoms with Crippen molar-refractivity contribution in [3.63, 3.8) is 0 Å². The van der Waals surface area contributed by atoms with E-state index in [1.807, 2.05) is 4.90 Å². The van der Waals surface area contributed by atoms with Gasteiger partial charge in [-0.25, -0.2) is 4.98 Å². The normalized spacial score (nSPS) is 20.8. The van der Waals surface area contributed by atoms with Gasteiger partial charge in [-0.1, -0.05) is 0 Å². The minimum atomic E-state index is -0.199. The summed E-state index contributed by atoms with van der Waals surface area (Å²) in [5.74, 6) is 0.666. The van der Waals surface area contributed by atoms with Gasteiger partial charge in [-0.2, -0.15) is 0 Å². The van der Waals surface area contributed by atoms with E-state index in [0.717, 1.165) is 6.29 Å². The van der Waals surface area contributed by atoms with E-state index in [-0.39, 0.29) is 12.7 Å². The van der Waals surface area contributed by atoms with Gasteiger partial charge in [0.1, 0.15) is 5.82 Å². The molecule has 16 heavy (non-hydrogen) atoms. The summed E-state index contributed by atoms with van der Waals surface area (Å²) in [6, 6.07) is 3.47. The highest BCUT2D eigenvalue weighted by molar-refractivity contribution is 5.82. The molecule has 1 aromatic rings. The molecule has 0 aromatic carbocycles. The van der Waals surface area contributed by atoms with Gasteiger partial charge < -0.3 is 14.7 Å². The van der Waals surface area contributed by atoms with Crippen molar-refractivity contribution in [1.29, 1.82) is 0 Å². The number of carbonyl (C=O) groups excluding carboxylic acids is 1. The first kappa shape index (κ1) is 11.0. The van der Waals surface area contributed by atoms with E-state index in [9.17, 15) is 4.79 Å². The molecule has 0 spiro atoms. The lowest BCUT2D eigenvalue weighted by molar-refractivity contribution is 0.00333. The number of pyridine rings is 1. The molecular weight excluding hydrogens is 208 g/mol. The first-order valence-electron chi connectivity index (χ1n) is 5.22. The summed E-state index contributed by atoms with van der Waals surface area (Å²) in [5.41, 5.74) is 0.570. The largest absolute Gasteiger partial charge is 0.394 e. The van der Waals surface area contributed by atoms with Crippen LogP contribution in [0.1, 0.15) is 10.4 Å². The van der Waals surface area contributed by atoms with E-state index in [2.05, 4.69) is 4.98 Å². The van der Waals surface area contributed by atoms with Crippen molar-refractivity contribution in [1.82, 2.24) is 4.98 Å². The van der Waals surface area contributed by atoms with Crippen LogP contribution in [0.5, 0.6) is 0 Å². The maximum absolute atomic E-state index is 10.9. The Bertz CT molecular complexity index is 370. The predicted molar refractivity (Wildman–Crippen MR) is 58.7 cm³/mol. The van der Waals surface area contributed by atoms with E-state index in [4.69, 9.17) is 9.84 Å². The third-order valence-electron chi connectivity index (χ3n) is 2.59. The molecule has 0 aliphatic carbocycles. The van der Waals surface area contributed by atoms with Crippen LogP contribution < -0.4 is 4.90 Å². The molecule has 5 nitrogen and oxygen atoms in total. The minimum Gasteiger partial charge on any atom is -0.394 e. The van der Waals surface area contributed by atoms with Gasteiger partial charge in [0.05, 0.1) is 24.9 Å². The second-order valence-electron chi connectivity index (χ2n) is 3.66. The Balaban J connectivity index is 2.19. The molecule has 1 saturated heterocycles. The molecular formula is C11H14N2O3. The second kappa shape index (κ2) is 5.05. The highest BCUT2D eigenvalue weighted by Crippen LogP contribution is 2.18. The van der Waals surface area contributed by atoms with Crippen molar-refractivity contribution in [2.45, 2.75) is 6.10 Å². The maximum atomic E-state index is 10.9. The van der Waals surface area contributed by atoms with Crippen LogP contribution in [-0.2, 0) is 4.74 Å². The van der Waals surface area contributed by atoms with Gasteiger partial charge in [-0.15, -0.1) is 0 Å². The molecule has 1 N–H and O–H groups in total. The average molecular weight is 222 g/mol. The third-order valence-corrected chi connectivity index (χ3v) is 2.59. The van der Waals surface area contributed by atoms with Crippen molar-refractivity contribution in [2.75, 3.05) is 31.2 Å². The van der Waals surface area contributed by atoms with Crippen LogP contribution in [0.3, 0.4) is 0 Å². The molecule has 0 radical (unpaired) electrons. The number of morpholine rings is 1. The summed E-state index contributed by atoms with van der Waals surface area (Å²) in [5, 5.41) is 9.04. The van der Waals surface area contributed by atoms with E-state index >= 15 is 0 Å². The smallest absolute Gasteiger partial charge is 0.153 e. The molecule has 1 atom stereocenters. The number of rotatable bonds is 3. The zero-order chi connectivity index (χ0) is 11.4. The van der Waals surface area contributed by atoms with Crippen LogP contribution in [0.15, 0.2) is 18.3 Å². The summed E-state index contributed by atoms with van der Waals surface area (Å²) in [6.45, 7) is 1.78.